The standard InChI is InChI=1S/C18H14BrN3O3S/c19-13-8-6-12(7-9-13)11-20-21-18-22(14-4-2-1-3-5-14)17(25)15(26-18)10-16(23)24/h1-9,11,15H,10H2,(H,23,24)/b20-11+,21-18+. The van der Waals surface area contributed by atoms with Crippen LogP contribution in [0.4, 0.5) is 5.69 Å². The molecule has 1 heterocycles. The highest BCUT2D eigenvalue weighted by Gasteiger charge is 2.40. The van der Waals surface area contributed by atoms with Gasteiger partial charge in [-0.3, -0.25) is 14.5 Å². The van der Waals surface area contributed by atoms with Crippen molar-refractivity contribution in [3.05, 3.63) is 64.6 Å². The van der Waals surface area contributed by atoms with E-state index in [0.29, 0.717) is 10.9 Å². The Bertz CT molecular complexity index is 869. The first-order valence-corrected chi connectivity index (χ1v) is 9.36. The van der Waals surface area contributed by atoms with E-state index >= 15 is 0 Å². The van der Waals surface area contributed by atoms with Gasteiger partial charge < -0.3 is 5.11 Å². The number of halogens is 1. The molecule has 1 unspecified atom stereocenters. The van der Waals surface area contributed by atoms with Crippen LogP contribution in [0.3, 0.4) is 0 Å². The molecule has 0 aromatic heterocycles. The number of anilines is 1. The molecule has 0 saturated carbocycles. The quantitative estimate of drug-likeness (QED) is 0.576. The normalized spacial score (nSPS) is 18.8. The van der Waals surface area contributed by atoms with Gasteiger partial charge in [-0.15, -0.1) is 5.10 Å². The summed E-state index contributed by atoms with van der Waals surface area (Å²) >= 11 is 4.48. The topological polar surface area (TPSA) is 82.3 Å². The second kappa shape index (κ2) is 8.29. The van der Waals surface area contributed by atoms with E-state index < -0.39 is 11.2 Å². The van der Waals surface area contributed by atoms with Crippen molar-refractivity contribution in [3.63, 3.8) is 0 Å². The summed E-state index contributed by atoms with van der Waals surface area (Å²) in [6, 6.07) is 16.5. The van der Waals surface area contributed by atoms with Crippen molar-refractivity contribution in [1.29, 1.82) is 0 Å². The maximum atomic E-state index is 12.6. The minimum absolute atomic E-state index is 0.262. The molecule has 1 fully saturated rings. The Labute approximate surface area is 162 Å². The van der Waals surface area contributed by atoms with Crippen LogP contribution in [0.15, 0.2) is 69.3 Å². The van der Waals surface area contributed by atoms with Gasteiger partial charge in [0.2, 0.25) is 5.91 Å². The van der Waals surface area contributed by atoms with Crippen LogP contribution in [0.2, 0.25) is 0 Å². The van der Waals surface area contributed by atoms with E-state index in [1.54, 1.807) is 30.5 Å². The number of hydrogen-bond acceptors (Lipinski definition) is 5. The Hall–Kier alpha value is -2.45. The summed E-state index contributed by atoms with van der Waals surface area (Å²) in [5.41, 5.74) is 1.50. The largest absolute Gasteiger partial charge is 0.481 e. The number of amidine groups is 1. The number of carbonyl (C=O) groups is 2. The third-order valence-electron chi connectivity index (χ3n) is 3.53. The summed E-state index contributed by atoms with van der Waals surface area (Å²) in [5.74, 6) is -1.33. The average Bonchev–Trinajstić information content (AvgIpc) is 2.92. The summed E-state index contributed by atoms with van der Waals surface area (Å²) in [7, 11) is 0. The molecule has 2 aromatic carbocycles. The molecule has 0 radical (unpaired) electrons. The molecule has 1 aliphatic rings. The number of benzene rings is 2. The molecule has 8 heteroatoms. The predicted octanol–water partition coefficient (Wildman–Crippen LogP) is 3.76. The fourth-order valence-electron chi connectivity index (χ4n) is 2.33. The molecule has 1 amide bonds. The molecular weight excluding hydrogens is 418 g/mol. The SMILES string of the molecule is O=C(O)CC1S/C(=N/N=C/c2ccc(Br)cc2)N(c2ccccc2)C1=O. The maximum Gasteiger partial charge on any atom is 0.305 e. The highest BCUT2D eigenvalue weighted by atomic mass is 79.9. The fraction of sp³-hybridized carbons (Fsp3) is 0.111. The van der Waals surface area contributed by atoms with Crippen LogP contribution in [0.25, 0.3) is 0 Å². The summed E-state index contributed by atoms with van der Waals surface area (Å²) < 4.78 is 0.963. The first-order chi connectivity index (χ1) is 12.5. The number of rotatable bonds is 5. The lowest BCUT2D eigenvalue weighted by Crippen LogP contribution is -2.32. The molecule has 132 valence electrons. The number of para-hydroxylation sites is 1. The number of nitrogens with zero attached hydrogens (tertiary/aromatic N) is 3. The zero-order valence-electron chi connectivity index (χ0n) is 13.4. The van der Waals surface area contributed by atoms with E-state index in [4.69, 9.17) is 5.11 Å². The monoisotopic (exact) mass is 431 g/mol. The van der Waals surface area contributed by atoms with Gasteiger partial charge in [-0.05, 0) is 29.8 Å². The highest BCUT2D eigenvalue weighted by Crippen LogP contribution is 2.33. The van der Waals surface area contributed by atoms with Crippen molar-refractivity contribution >= 4 is 56.6 Å². The van der Waals surface area contributed by atoms with E-state index in [1.165, 1.54) is 4.90 Å². The zero-order chi connectivity index (χ0) is 18.5. The lowest BCUT2D eigenvalue weighted by Gasteiger charge is -2.15. The van der Waals surface area contributed by atoms with E-state index in [1.807, 2.05) is 30.3 Å². The lowest BCUT2D eigenvalue weighted by atomic mass is 10.2. The second-order valence-electron chi connectivity index (χ2n) is 5.39. The van der Waals surface area contributed by atoms with Crippen molar-refractivity contribution in [2.24, 2.45) is 10.2 Å². The van der Waals surface area contributed by atoms with Gasteiger partial charge >= 0.3 is 5.97 Å². The zero-order valence-corrected chi connectivity index (χ0v) is 15.9. The first-order valence-electron chi connectivity index (χ1n) is 7.68. The third kappa shape index (κ3) is 4.39. The molecule has 1 N–H and O–H groups in total. The lowest BCUT2D eigenvalue weighted by molar-refractivity contribution is -0.138. The van der Waals surface area contributed by atoms with E-state index in [2.05, 4.69) is 26.1 Å². The van der Waals surface area contributed by atoms with Gasteiger partial charge in [0.25, 0.3) is 0 Å². The van der Waals surface area contributed by atoms with Crippen LogP contribution in [0.1, 0.15) is 12.0 Å². The van der Waals surface area contributed by atoms with Crippen LogP contribution >= 0.6 is 27.7 Å². The molecule has 6 nitrogen and oxygen atoms in total. The molecule has 0 bridgehead atoms. The van der Waals surface area contributed by atoms with Crippen molar-refractivity contribution in [2.75, 3.05) is 4.90 Å². The van der Waals surface area contributed by atoms with Crippen LogP contribution in [0.5, 0.6) is 0 Å². The second-order valence-corrected chi connectivity index (χ2v) is 7.48. The van der Waals surface area contributed by atoms with Crippen LogP contribution in [-0.4, -0.2) is 33.6 Å². The number of amides is 1. The number of carboxylic acid groups (broad SMARTS) is 1. The average molecular weight is 432 g/mol. The van der Waals surface area contributed by atoms with Crippen molar-refractivity contribution in [3.8, 4) is 0 Å². The molecule has 0 aliphatic carbocycles. The first kappa shape index (κ1) is 18.3. The minimum atomic E-state index is -1.02. The van der Waals surface area contributed by atoms with E-state index in [-0.39, 0.29) is 12.3 Å². The van der Waals surface area contributed by atoms with Crippen LogP contribution < -0.4 is 4.90 Å². The number of thioether (sulfide) groups is 1. The Morgan fingerprint density at radius 3 is 2.54 bits per heavy atom. The molecule has 1 atom stereocenters. The maximum absolute atomic E-state index is 12.6. The molecule has 1 aliphatic heterocycles. The molecule has 3 rings (SSSR count). The summed E-state index contributed by atoms with van der Waals surface area (Å²) in [6.07, 6.45) is 1.32. The highest BCUT2D eigenvalue weighted by molar-refractivity contribution is 9.10. The Morgan fingerprint density at radius 1 is 1.19 bits per heavy atom. The number of carboxylic acids is 1. The van der Waals surface area contributed by atoms with E-state index in [0.717, 1.165) is 21.8 Å². The Balaban J connectivity index is 1.87. The van der Waals surface area contributed by atoms with Crippen molar-refractivity contribution < 1.29 is 14.7 Å². The summed E-state index contributed by atoms with van der Waals surface area (Å²) in [5, 5.41) is 16.9. The number of hydrogen-bond donors (Lipinski definition) is 1. The van der Waals surface area contributed by atoms with Gasteiger partial charge in [0.05, 0.1) is 18.3 Å². The summed E-state index contributed by atoms with van der Waals surface area (Å²) in [6.45, 7) is 0. The summed E-state index contributed by atoms with van der Waals surface area (Å²) in [4.78, 5) is 25.1. The Morgan fingerprint density at radius 2 is 1.88 bits per heavy atom. The van der Waals surface area contributed by atoms with Gasteiger partial charge in [0.1, 0.15) is 5.25 Å². The molecular formula is C18H14BrN3O3S. The van der Waals surface area contributed by atoms with Crippen LogP contribution in [-0.2, 0) is 9.59 Å². The number of aliphatic carboxylic acids is 1. The molecule has 1 saturated heterocycles. The van der Waals surface area contributed by atoms with Crippen LogP contribution in [0, 0.1) is 0 Å². The minimum Gasteiger partial charge on any atom is -0.481 e. The van der Waals surface area contributed by atoms with Gasteiger partial charge in [-0.2, -0.15) is 5.10 Å². The number of carbonyl (C=O) groups excluding carboxylic acids is 1. The Kier molecular flexibility index (Phi) is 5.85. The van der Waals surface area contributed by atoms with Gasteiger partial charge in [-0.1, -0.05) is 58.0 Å². The van der Waals surface area contributed by atoms with Gasteiger partial charge in [0, 0.05) is 4.47 Å². The fourth-order valence-corrected chi connectivity index (χ4v) is 3.68. The van der Waals surface area contributed by atoms with Gasteiger partial charge in [0.15, 0.2) is 5.17 Å². The molecule has 26 heavy (non-hydrogen) atoms. The van der Waals surface area contributed by atoms with Gasteiger partial charge in [-0.25, -0.2) is 0 Å². The molecule has 0 spiro atoms. The third-order valence-corrected chi connectivity index (χ3v) is 5.19. The van der Waals surface area contributed by atoms with Crippen molar-refractivity contribution in [2.45, 2.75) is 11.7 Å². The van der Waals surface area contributed by atoms with Crippen molar-refractivity contribution in [1.82, 2.24) is 0 Å². The predicted molar refractivity (Wildman–Crippen MR) is 107 cm³/mol. The smallest absolute Gasteiger partial charge is 0.305 e. The molecule has 2 aromatic rings. The van der Waals surface area contributed by atoms with E-state index in [9.17, 15) is 9.59 Å².